The summed E-state index contributed by atoms with van der Waals surface area (Å²) >= 11 is 7.69. The number of likely N-dealkylation sites (tertiary alicyclic amines) is 1. The van der Waals surface area contributed by atoms with Gasteiger partial charge in [-0.1, -0.05) is 29.8 Å². The molecule has 0 atom stereocenters. The molecule has 1 aliphatic rings. The zero-order chi connectivity index (χ0) is 14.9. The van der Waals surface area contributed by atoms with Crippen LogP contribution in [0.3, 0.4) is 0 Å². The van der Waals surface area contributed by atoms with Crippen molar-refractivity contribution in [2.24, 2.45) is 0 Å². The molecule has 0 aliphatic carbocycles. The van der Waals surface area contributed by atoms with E-state index in [1.165, 1.54) is 25.9 Å². The minimum absolute atomic E-state index is 0.119. The van der Waals surface area contributed by atoms with Gasteiger partial charge in [0.15, 0.2) is 0 Å². The topological polar surface area (TPSA) is 32.3 Å². The Labute approximate surface area is 136 Å². The van der Waals surface area contributed by atoms with Crippen molar-refractivity contribution in [2.75, 3.05) is 31.9 Å². The van der Waals surface area contributed by atoms with E-state index in [2.05, 4.69) is 10.2 Å². The van der Waals surface area contributed by atoms with Gasteiger partial charge in [0, 0.05) is 17.3 Å². The maximum atomic E-state index is 11.7. The standard InChI is InChI=1S/C16H23ClN2OS/c17-15-7-2-1-6-14(15)12-21-13-16(20)18-8-5-11-19-9-3-4-10-19/h1-2,6-7H,3-5,8-13H2,(H,18,20). The van der Waals surface area contributed by atoms with Crippen LogP contribution in [0.1, 0.15) is 24.8 Å². The summed E-state index contributed by atoms with van der Waals surface area (Å²) < 4.78 is 0. The van der Waals surface area contributed by atoms with E-state index >= 15 is 0 Å². The Kier molecular flexibility index (Phi) is 7.41. The first kappa shape index (κ1) is 16.7. The molecule has 3 nitrogen and oxygen atoms in total. The minimum Gasteiger partial charge on any atom is -0.355 e. The van der Waals surface area contributed by atoms with Crippen LogP contribution < -0.4 is 5.32 Å². The molecule has 0 saturated carbocycles. The van der Waals surface area contributed by atoms with Gasteiger partial charge in [-0.25, -0.2) is 0 Å². The summed E-state index contributed by atoms with van der Waals surface area (Å²) in [7, 11) is 0. The smallest absolute Gasteiger partial charge is 0.230 e. The van der Waals surface area contributed by atoms with Crippen molar-refractivity contribution in [2.45, 2.75) is 25.0 Å². The predicted molar refractivity (Wildman–Crippen MR) is 90.9 cm³/mol. The van der Waals surface area contributed by atoms with Gasteiger partial charge in [0.05, 0.1) is 5.75 Å². The summed E-state index contributed by atoms with van der Waals surface area (Å²) in [5.41, 5.74) is 1.09. The Bertz CT molecular complexity index is 450. The van der Waals surface area contributed by atoms with E-state index in [0.29, 0.717) is 5.75 Å². The molecule has 2 rings (SSSR count). The number of carbonyl (C=O) groups is 1. The zero-order valence-electron chi connectivity index (χ0n) is 12.3. The second-order valence-corrected chi connectivity index (χ2v) is 6.73. The van der Waals surface area contributed by atoms with Gasteiger partial charge in [-0.3, -0.25) is 4.79 Å². The van der Waals surface area contributed by atoms with Crippen molar-refractivity contribution in [3.05, 3.63) is 34.9 Å². The van der Waals surface area contributed by atoms with Crippen LogP contribution in [0.5, 0.6) is 0 Å². The van der Waals surface area contributed by atoms with Crippen molar-refractivity contribution in [1.29, 1.82) is 0 Å². The van der Waals surface area contributed by atoms with Crippen LogP contribution in [0.15, 0.2) is 24.3 Å². The van der Waals surface area contributed by atoms with Crippen LogP contribution >= 0.6 is 23.4 Å². The molecule has 0 spiro atoms. The lowest BCUT2D eigenvalue weighted by Crippen LogP contribution is -2.29. The molecule has 1 N–H and O–H groups in total. The monoisotopic (exact) mass is 326 g/mol. The zero-order valence-corrected chi connectivity index (χ0v) is 13.9. The number of nitrogens with zero attached hydrogens (tertiary/aromatic N) is 1. The van der Waals surface area contributed by atoms with E-state index < -0.39 is 0 Å². The van der Waals surface area contributed by atoms with Gasteiger partial charge >= 0.3 is 0 Å². The molecule has 1 amide bonds. The molecule has 21 heavy (non-hydrogen) atoms. The molecule has 1 fully saturated rings. The van der Waals surface area contributed by atoms with E-state index in [4.69, 9.17) is 11.6 Å². The molecule has 1 heterocycles. The molecule has 1 saturated heterocycles. The number of thioether (sulfide) groups is 1. The van der Waals surface area contributed by atoms with Gasteiger partial charge in [0.2, 0.25) is 5.91 Å². The first-order chi connectivity index (χ1) is 10.3. The average molecular weight is 327 g/mol. The van der Waals surface area contributed by atoms with Crippen molar-refractivity contribution < 1.29 is 4.79 Å². The Morgan fingerprint density at radius 2 is 2.05 bits per heavy atom. The summed E-state index contributed by atoms with van der Waals surface area (Å²) in [6.07, 6.45) is 3.69. The third kappa shape index (κ3) is 6.29. The lowest BCUT2D eigenvalue weighted by atomic mass is 10.2. The van der Waals surface area contributed by atoms with Gasteiger partial charge in [-0.2, -0.15) is 0 Å². The lowest BCUT2D eigenvalue weighted by molar-refractivity contribution is -0.118. The first-order valence-electron chi connectivity index (χ1n) is 7.56. The van der Waals surface area contributed by atoms with Crippen molar-refractivity contribution in [3.63, 3.8) is 0 Å². The van der Waals surface area contributed by atoms with Crippen LogP contribution in [0.2, 0.25) is 5.02 Å². The molecule has 0 radical (unpaired) electrons. The summed E-state index contributed by atoms with van der Waals surface area (Å²) in [6.45, 7) is 4.33. The van der Waals surface area contributed by atoms with Gasteiger partial charge in [-0.15, -0.1) is 11.8 Å². The Hall–Kier alpha value is -0.710. The van der Waals surface area contributed by atoms with E-state index in [9.17, 15) is 4.79 Å². The van der Waals surface area contributed by atoms with Crippen molar-refractivity contribution in [3.8, 4) is 0 Å². The van der Waals surface area contributed by atoms with Crippen LogP contribution in [0, 0.1) is 0 Å². The number of halogens is 1. The summed E-state index contributed by atoms with van der Waals surface area (Å²) in [5, 5.41) is 3.76. The molecule has 0 unspecified atom stereocenters. The van der Waals surface area contributed by atoms with E-state index in [1.54, 1.807) is 11.8 Å². The van der Waals surface area contributed by atoms with Gasteiger partial charge in [-0.05, 0) is 50.5 Å². The number of carbonyl (C=O) groups excluding carboxylic acids is 1. The van der Waals surface area contributed by atoms with Crippen LogP contribution in [-0.2, 0) is 10.5 Å². The summed E-state index contributed by atoms with van der Waals surface area (Å²) in [5.74, 6) is 1.39. The fourth-order valence-corrected chi connectivity index (χ4v) is 3.60. The fraction of sp³-hybridized carbons (Fsp3) is 0.562. The highest BCUT2D eigenvalue weighted by atomic mass is 35.5. The SMILES string of the molecule is O=C(CSCc1ccccc1Cl)NCCCN1CCCC1. The highest BCUT2D eigenvalue weighted by Gasteiger charge is 2.10. The van der Waals surface area contributed by atoms with Gasteiger partial charge in [0.1, 0.15) is 0 Å². The number of benzene rings is 1. The lowest BCUT2D eigenvalue weighted by Gasteiger charge is -2.14. The number of rotatable bonds is 8. The number of hydrogen-bond acceptors (Lipinski definition) is 3. The highest BCUT2D eigenvalue weighted by Crippen LogP contribution is 2.20. The van der Waals surface area contributed by atoms with E-state index in [1.807, 2.05) is 24.3 Å². The second kappa shape index (κ2) is 9.34. The molecule has 1 aromatic rings. The van der Waals surface area contributed by atoms with Gasteiger partial charge < -0.3 is 10.2 Å². The molecule has 5 heteroatoms. The Morgan fingerprint density at radius 1 is 1.29 bits per heavy atom. The number of amides is 1. The Balaban J connectivity index is 1.52. The van der Waals surface area contributed by atoms with Crippen LogP contribution in [0.25, 0.3) is 0 Å². The second-order valence-electron chi connectivity index (χ2n) is 5.34. The average Bonchev–Trinajstić information content (AvgIpc) is 2.99. The van der Waals surface area contributed by atoms with Crippen molar-refractivity contribution >= 4 is 29.3 Å². The molecule has 116 valence electrons. The molecule has 0 bridgehead atoms. The third-order valence-corrected chi connectivity index (χ3v) is 4.97. The molecular formula is C16H23ClN2OS. The normalized spacial score (nSPS) is 15.3. The van der Waals surface area contributed by atoms with E-state index in [0.717, 1.165) is 35.8 Å². The van der Waals surface area contributed by atoms with E-state index in [-0.39, 0.29) is 5.91 Å². The first-order valence-corrected chi connectivity index (χ1v) is 9.09. The number of nitrogens with one attached hydrogen (secondary N) is 1. The highest BCUT2D eigenvalue weighted by molar-refractivity contribution is 7.99. The quantitative estimate of drug-likeness (QED) is 0.745. The molecule has 1 aromatic carbocycles. The maximum absolute atomic E-state index is 11.7. The fourth-order valence-electron chi connectivity index (χ4n) is 2.46. The summed E-state index contributed by atoms with van der Waals surface area (Å²) in [6, 6.07) is 7.78. The molecule has 0 aromatic heterocycles. The minimum atomic E-state index is 0.119. The predicted octanol–water partition coefficient (Wildman–Crippen LogP) is 3.18. The summed E-state index contributed by atoms with van der Waals surface area (Å²) in [4.78, 5) is 14.2. The number of hydrogen-bond donors (Lipinski definition) is 1. The van der Waals surface area contributed by atoms with Crippen LogP contribution in [0.4, 0.5) is 0 Å². The largest absolute Gasteiger partial charge is 0.355 e. The van der Waals surface area contributed by atoms with Gasteiger partial charge in [0.25, 0.3) is 0 Å². The molecular weight excluding hydrogens is 304 g/mol. The van der Waals surface area contributed by atoms with Crippen molar-refractivity contribution in [1.82, 2.24) is 10.2 Å². The maximum Gasteiger partial charge on any atom is 0.230 e. The third-order valence-electron chi connectivity index (χ3n) is 3.62. The van der Waals surface area contributed by atoms with Crippen LogP contribution in [-0.4, -0.2) is 42.7 Å². The molecule has 1 aliphatic heterocycles. The Morgan fingerprint density at radius 3 is 2.81 bits per heavy atom.